The molecule has 3 rings (SSSR count). The van der Waals surface area contributed by atoms with Gasteiger partial charge >= 0.3 is 5.97 Å². The monoisotopic (exact) mass is 245 g/mol. The summed E-state index contributed by atoms with van der Waals surface area (Å²) in [7, 11) is 0. The Morgan fingerprint density at radius 3 is 3.00 bits per heavy atom. The van der Waals surface area contributed by atoms with Crippen molar-refractivity contribution in [1.29, 1.82) is 0 Å². The summed E-state index contributed by atoms with van der Waals surface area (Å²) in [6.07, 6.45) is 0.802. The highest BCUT2D eigenvalue weighted by Crippen LogP contribution is 2.34. The number of aliphatic carboxylic acids is 1. The first kappa shape index (κ1) is 11.3. The van der Waals surface area contributed by atoms with E-state index in [9.17, 15) is 9.90 Å². The molecule has 2 heterocycles. The smallest absolute Gasteiger partial charge is 0.308 e. The maximum absolute atomic E-state index is 11.3. The predicted molar refractivity (Wildman–Crippen MR) is 67.6 cm³/mol. The second kappa shape index (κ2) is 4.46. The third kappa shape index (κ3) is 1.88. The molecule has 2 N–H and O–H groups in total. The SMILES string of the molecule is O=C(O)C1CNCCC1c1cc2ccccc2o1. The number of furan rings is 1. The molecule has 2 aromatic rings. The highest BCUT2D eigenvalue weighted by atomic mass is 16.4. The van der Waals surface area contributed by atoms with E-state index >= 15 is 0 Å². The summed E-state index contributed by atoms with van der Waals surface area (Å²) >= 11 is 0. The molecule has 1 fully saturated rings. The van der Waals surface area contributed by atoms with E-state index in [-0.39, 0.29) is 5.92 Å². The van der Waals surface area contributed by atoms with Crippen LogP contribution in [0.1, 0.15) is 18.1 Å². The summed E-state index contributed by atoms with van der Waals surface area (Å²) < 4.78 is 5.80. The number of carboxylic acid groups (broad SMARTS) is 1. The second-order valence-electron chi connectivity index (χ2n) is 4.73. The van der Waals surface area contributed by atoms with Crippen LogP contribution in [-0.4, -0.2) is 24.2 Å². The van der Waals surface area contributed by atoms with E-state index in [4.69, 9.17) is 4.42 Å². The number of hydrogen-bond acceptors (Lipinski definition) is 3. The van der Waals surface area contributed by atoms with Crippen LogP contribution in [0.15, 0.2) is 34.7 Å². The van der Waals surface area contributed by atoms with E-state index in [1.54, 1.807) is 0 Å². The predicted octanol–water partition coefficient (Wildman–Crippen LogP) is 2.21. The minimum absolute atomic E-state index is 0.0313. The maximum atomic E-state index is 11.3. The first-order chi connectivity index (χ1) is 8.75. The molecule has 0 aliphatic carbocycles. The van der Waals surface area contributed by atoms with Gasteiger partial charge in [-0.1, -0.05) is 18.2 Å². The van der Waals surface area contributed by atoms with Crippen molar-refractivity contribution in [1.82, 2.24) is 5.32 Å². The van der Waals surface area contributed by atoms with Crippen LogP contribution in [0, 0.1) is 5.92 Å². The van der Waals surface area contributed by atoms with Crippen LogP contribution in [0.2, 0.25) is 0 Å². The summed E-state index contributed by atoms with van der Waals surface area (Å²) in [5.74, 6) is -0.395. The van der Waals surface area contributed by atoms with Crippen molar-refractivity contribution in [2.24, 2.45) is 5.92 Å². The molecule has 0 amide bonds. The highest BCUT2D eigenvalue weighted by molar-refractivity contribution is 5.78. The van der Waals surface area contributed by atoms with Crippen LogP contribution in [0.5, 0.6) is 0 Å². The number of carbonyl (C=O) groups is 1. The van der Waals surface area contributed by atoms with Crippen molar-refractivity contribution >= 4 is 16.9 Å². The van der Waals surface area contributed by atoms with Crippen molar-refractivity contribution in [2.45, 2.75) is 12.3 Å². The van der Waals surface area contributed by atoms with Gasteiger partial charge in [-0.2, -0.15) is 0 Å². The zero-order chi connectivity index (χ0) is 12.5. The van der Waals surface area contributed by atoms with E-state index < -0.39 is 11.9 Å². The van der Waals surface area contributed by atoms with Crippen LogP contribution < -0.4 is 5.32 Å². The van der Waals surface area contributed by atoms with Crippen LogP contribution in [0.25, 0.3) is 11.0 Å². The van der Waals surface area contributed by atoms with Gasteiger partial charge in [-0.15, -0.1) is 0 Å². The third-order valence-corrected chi connectivity index (χ3v) is 3.61. The van der Waals surface area contributed by atoms with Crippen molar-refractivity contribution in [3.63, 3.8) is 0 Å². The quantitative estimate of drug-likeness (QED) is 0.851. The fourth-order valence-corrected chi connectivity index (χ4v) is 2.64. The van der Waals surface area contributed by atoms with Gasteiger partial charge < -0.3 is 14.8 Å². The van der Waals surface area contributed by atoms with Gasteiger partial charge in [-0.05, 0) is 25.1 Å². The molecule has 1 saturated heterocycles. The van der Waals surface area contributed by atoms with Gasteiger partial charge in [0, 0.05) is 17.8 Å². The molecule has 1 aliphatic rings. The molecular weight excluding hydrogens is 230 g/mol. The lowest BCUT2D eigenvalue weighted by Gasteiger charge is -2.27. The second-order valence-corrected chi connectivity index (χ2v) is 4.73. The van der Waals surface area contributed by atoms with Crippen molar-refractivity contribution < 1.29 is 14.3 Å². The molecule has 0 spiro atoms. The first-order valence-electron chi connectivity index (χ1n) is 6.17. The molecule has 18 heavy (non-hydrogen) atoms. The van der Waals surface area contributed by atoms with Gasteiger partial charge in [0.15, 0.2) is 0 Å². The normalized spacial score (nSPS) is 24.2. The van der Waals surface area contributed by atoms with Gasteiger partial charge in [0.2, 0.25) is 0 Å². The number of para-hydroxylation sites is 1. The molecule has 2 atom stereocenters. The van der Waals surface area contributed by atoms with Gasteiger partial charge in [0.1, 0.15) is 11.3 Å². The Morgan fingerprint density at radius 2 is 2.22 bits per heavy atom. The Morgan fingerprint density at radius 1 is 1.39 bits per heavy atom. The summed E-state index contributed by atoms with van der Waals surface area (Å²) in [6, 6.07) is 9.75. The Hall–Kier alpha value is -1.81. The number of fused-ring (bicyclic) bond motifs is 1. The highest BCUT2D eigenvalue weighted by Gasteiger charge is 2.33. The molecule has 0 saturated carbocycles. The first-order valence-corrected chi connectivity index (χ1v) is 6.17. The molecule has 1 aliphatic heterocycles. The molecule has 1 aromatic carbocycles. The topological polar surface area (TPSA) is 62.5 Å². The van der Waals surface area contributed by atoms with Gasteiger partial charge in [-0.25, -0.2) is 0 Å². The third-order valence-electron chi connectivity index (χ3n) is 3.61. The molecule has 0 bridgehead atoms. The minimum Gasteiger partial charge on any atom is -0.481 e. The Balaban J connectivity index is 1.98. The van der Waals surface area contributed by atoms with Crippen LogP contribution in [0.3, 0.4) is 0 Å². The van der Waals surface area contributed by atoms with Crippen molar-refractivity contribution in [3.8, 4) is 0 Å². The Labute approximate surface area is 105 Å². The fraction of sp³-hybridized carbons (Fsp3) is 0.357. The lowest BCUT2D eigenvalue weighted by Crippen LogP contribution is -2.39. The zero-order valence-electron chi connectivity index (χ0n) is 9.93. The number of rotatable bonds is 2. The average Bonchev–Trinajstić information content (AvgIpc) is 2.82. The van der Waals surface area contributed by atoms with Crippen LogP contribution in [0.4, 0.5) is 0 Å². The molecule has 1 aromatic heterocycles. The van der Waals surface area contributed by atoms with Gasteiger partial charge in [0.05, 0.1) is 5.92 Å². The summed E-state index contributed by atoms with van der Waals surface area (Å²) in [5.41, 5.74) is 0.829. The minimum atomic E-state index is -0.757. The fourth-order valence-electron chi connectivity index (χ4n) is 2.64. The van der Waals surface area contributed by atoms with E-state index in [0.717, 1.165) is 29.7 Å². The standard InChI is InChI=1S/C14H15NO3/c16-14(17)11-8-15-6-5-10(11)13-7-9-3-1-2-4-12(9)18-13/h1-4,7,10-11,15H,5-6,8H2,(H,16,17). The van der Waals surface area contributed by atoms with Crippen LogP contribution in [-0.2, 0) is 4.79 Å². The van der Waals surface area contributed by atoms with Gasteiger partial charge in [-0.3, -0.25) is 4.79 Å². The molecular formula is C14H15NO3. The van der Waals surface area contributed by atoms with E-state index in [1.807, 2.05) is 30.3 Å². The molecule has 0 radical (unpaired) electrons. The lowest BCUT2D eigenvalue weighted by molar-refractivity contribution is -0.143. The summed E-state index contributed by atoms with van der Waals surface area (Å²) in [6.45, 7) is 1.35. The maximum Gasteiger partial charge on any atom is 0.308 e. The largest absolute Gasteiger partial charge is 0.481 e. The average molecular weight is 245 g/mol. The Bertz CT molecular complexity index is 542. The summed E-state index contributed by atoms with van der Waals surface area (Å²) in [4.78, 5) is 11.3. The molecule has 4 nitrogen and oxygen atoms in total. The Kier molecular flexibility index (Phi) is 2.80. The zero-order valence-corrected chi connectivity index (χ0v) is 9.93. The van der Waals surface area contributed by atoms with E-state index in [0.29, 0.717) is 6.54 Å². The van der Waals surface area contributed by atoms with Gasteiger partial charge in [0.25, 0.3) is 0 Å². The number of hydrogen-bond donors (Lipinski definition) is 2. The number of piperidine rings is 1. The van der Waals surface area contributed by atoms with E-state index in [1.165, 1.54) is 0 Å². The number of carboxylic acids is 1. The molecule has 94 valence electrons. The van der Waals surface area contributed by atoms with E-state index in [2.05, 4.69) is 5.32 Å². The molecule has 2 unspecified atom stereocenters. The lowest BCUT2D eigenvalue weighted by atomic mass is 9.84. The van der Waals surface area contributed by atoms with Crippen molar-refractivity contribution in [2.75, 3.05) is 13.1 Å². The molecule has 4 heteroatoms. The number of nitrogens with one attached hydrogen (secondary N) is 1. The van der Waals surface area contributed by atoms with Crippen molar-refractivity contribution in [3.05, 3.63) is 36.1 Å². The number of benzene rings is 1. The summed E-state index contributed by atoms with van der Waals surface area (Å²) in [5, 5.41) is 13.4. The van der Waals surface area contributed by atoms with Crippen LogP contribution >= 0.6 is 0 Å².